The number of hydrogen-bond donors (Lipinski definition) is 1. The van der Waals surface area contributed by atoms with Crippen LogP contribution in [0.4, 0.5) is 0 Å². The van der Waals surface area contributed by atoms with Crippen molar-refractivity contribution in [1.82, 2.24) is 4.98 Å². The van der Waals surface area contributed by atoms with Crippen molar-refractivity contribution in [2.24, 2.45) is 0 Å². The fourth-order valence-electron chi connectivity index (χ4n) is 2.84. The van der Waals surface area contributed by atoms with Gasteiger partial charge >= 0.3 is 11.9 Å². The minimum absolute atomic E-state index is 0.240. The predicted molar refractivity (Wildman–Crippen MR) is 96.7 cm³/mol. The highest BCUT2D eigenvalue weighted by atomic mass is 16.5. The summed E-state index contributed by atoms with van der Waals surface area (Å²) in [6.07, 6.45) is -0.996. The Morgan fingerprint density at radius 3 is 2.31 bits per heavy atom. The minimum Gasteiger partial charge on any atom is -0.465 e. The predicted octanol–water partition coefficient (Wildman–Crippen LogP) is 3.46. The van der Waals surface area contributed by atoms with Gasteiger partial charge in [0.1, 0.15) is 0 Å². The molecular weight excluding hydrogens is 334 g/mol. The molecule has 0 radical (unpaired) electrons. The number of esters is 2. The fraction of sp³-hybridized carbons (Fsp3) is 0.350. The highest BCUT2D eigenvalue weighted by Gasteiger charge is 2.27. The van der Waals surface area contributed by atoms with Crippen LogP contribution in [0.3, 0.4) is 0 Å². The first-order valence-electron chi connectivity index (χ1n) is 8.27. The molecule has 2 aromatic rings. The van der Waals surface area contributed by atoms with Gasteiger partial charge < -0.3 is 14.5 Å². The first-order valence-corrected chi connectivity index (χ1v) is 8.27. The maximum Gasteiger partial charge on any atom is 0.339 e. The maximum absolute atomic E-state index is 12.7. The van der Waals surface area contributed by atoms with Crippen LogP contribution in [-0.2, 0) is 9.47 Å². The summed E-state index contributed by atoms with van der Waals surface area (Å²) in [7, 11) is 1.28. The van der Waals surface area contributed by atoms with Gasteiger partial charge in [-0.3, -0.25) is 4.79 Å². The summed E-state index contributed by atoms with van der Waals surface area (Å²) in [5, 5.41) is 0. The Morgan fingerprint density at radius 2 is 1.69 bits per heavy atom. The van der Waals surface area contributed by atoms with Gasteiger partial charge in [-0.15, -0.1) is 0 Å². The molecule has 1 unspecified atom stereocenters. The zero-order valence-corrected chi connectivity index (χ0v) is 15.9. The van der Waals surface area contributed by atoms with Crippen molar-refractivity contribution < 1.29 is 23.9 Å². The van der Waals surface area contributed by atoms with Crippen LogP contribution in [0, 0.1) is 27.7 Å². The second kappa shape index (κ2) is 7.56. The van der Waals surface area contributed by atoms with Gasteiger partial charge in [0.25, 0.3) is 0 Å². The molecule has 26 heavy (non-hydrogen) atoms. The Hall–Kier alpha value is -2.89. The van der Waals surface area contributed by atoms with E-state index in [4.69, 9.17) is 9.47 Å². The monoisotopic (exact) mass is 357 g/mol. The summed E-state index contributed by atoms with van der Waals surface area (Å²) in [4.78, 5) is 39.9. The van der Waals surface area contributed by atoms with Crippen molar-refractivity contribution in [3.63, 3.8) is 0 Å². The molecule has 0 saturated carbocycles. The SMILES string of the molecule is COC(=O)c1c(C)[nH]c(C(=O)C(C)OC(=O)c2cc(C)ccc2C)c1C. The number of methoxy groups -OCH3 is 1. The Bertz CT molecular complexity index is 879. The van der Waals surface area contributed by atoms with Crippen molar-refractivity contribution in [2.45, 2.75) is 40.7 Å². The molecule has 1 N–H and O–H groups in total. The van der Waals surface area contributed by atoms with Crippen molar-refractivity contribution in [1.29, 1.82) is 0 Å². The van der Waals surface area contributed by atoms with Crippen molar-refractivity contribution in [2.75, 3.05) is 7.11 Å². The Kier molecular flexibility index (Phi) is 5.65. The Balaban J connectivity index is 2.24. The molecular formula is C20H23NO5. The molecule has 0 aliphatic rings. The number of ketones is 1. The van der Waals surface area contributed by atoms with Crippen LogP contribution in [0.15, 0.2) is 18.2 Å². The number of aryl methyl sites for hydroxylation is 3. The lowest BCUT2D eigenvalue weighted by atomic mass is 10.0. The number of Topliss-reactive ketones (excluding diaryl/α,β-unsaturated/α-hetero) is 1. The number of H-pyrrole nitrogens is 1. The molecule has 0 saturated heterocycles. The lowest BCUT2D eigenvalue weighted by Gasteiger charge is -2.13. The van der Waals surface area contributed by atoms with Crippen LogP contribution in [-0.4, -0.2) is 35.9 Å². The number of aromatic amines is 1. The molecule has 138 valence electrons. The molecule has 0 aliphatic heterocycles. The zero-order chi connectivity index (χ0) is 19.6. The number of aromatic nitrogens is 1. The second-order valence-corrected chi connectivity index (χ2v) is 6.35. The van der Waals surface area contributed by atoms with Gasteiger partial charge in [-0.1, -0.05) is 17.7 Å². The van der Waals surface area contributed by atoms with Crippen LogP contribution in [0.1, 0.15) is 60.5 Å². The number of nitrogens with one attached hydrogen (secondary N) is 1. The highest BCUT2D eigenvalue weighted by Crippen LogP contribution is 2.21. The lowest BCUT2D eigenvalue weighted by molar-refractivity contribution is 0.0316. The molecule has 0 amide bonds. The van der Waals surface area contributed by atoms with Gasteiger partial charge in [0.05, 0.1) is 23.9 Å². The van der Waals surface area contributed by atoms with Crippen molar-refractivity contribution in [3.8, 4) is 0 Å². The van der Waals surface area contributed by atoms with E-state index >= 15 is 0 Å². The normalized spacial score (nSPS) is 11.8. The number of carbonyl (C=O) groups is 3. The van der Waals surface area contributed by atoms with E-state index in [0.29, 0.717) is 22.4 Å². The third kappa shape index (κ3) is 3.69. The average Bonchev–Trinajstić information content (AvgIpc) is 2.89. The average molecular weight is 357 g/mol. The quantitative estimate of drug-likeness (QED) is 0.654. The van der Waals surface area contributed by atoms with Gasteiger partial charge in [0.15, 0.2) is 6.10 Å². The number of rotatable bonds is 5. The Labute approximate surface area is 152 Å². The summed E-state index contributed by atoms with van der Waals surface area (Å²) in [6, 6.07) is 5.47. The number of hydrogen-bond acceptors (Lipinski definition) is 5. The zero-order valence-electron chi connectivity index (χ0n) is 15.9. The molecule has 1 heterocycles. The number of carbonyl (C=O) groups excluding carboxylic acids is 3. The fourth-order valence-corrected chi connectivity index (χ4v) is 2.84. The summed E-state index contributed by atoms with van der Waals surface area (Å²) in [5.74, 6) is -1.48. The van der Waals surface area contributed by atoms with Crippen LogP contribution < -0.4 is 0 Å². The summed E-state index contributed by atoms with van der Waals surface area (Å²) >= 11 is 0. The molecule has 0 spiro atoms. The minimum atomic E-state index is -0.996. The number of ether oxygens (including phenoxy) is 2. The van der Waals surface area contributed by atoms with Crippen LogP contribution in [0.25, 0.3) is 0 Å². The summed E-state index contributed by atoms with van der Waals surface area (Å²) < 4.78 is 10.1. The molecule has 1 aromatic carbocycles. The highest BCUT2D eigenvalue weighted by molar-refractivity contribution is 6.04. The summed E-state index contributed by atoms with van der Waals surface area (Å²) in [6.45, 7) is 8.54. The smallest absolute Gasteiger partial charge is 0.339 e. The van der Waals surface area contributed by atoms with Gasteiger partial charge in [-0.25, -0.2) is 9.59 Å². The topological polar surface area (TPSA) is 85.5 Å². The molecule has 0 fully saturated rings. The van der Waals surface area contributed by atoms with Gasteiger partial charge in [0, 0.05) is 5.69 Å². The lowest BCUT2D eigenvalue weighted by Crippen LogP contribution is -2.25. The largest absolute Gasteiger partial charge is 0.465 e. The van der Waals surface area contributed by atoms with E-state index in [1.54, 1.807) is 19.9 Å². The molecule has 6 heteroatoms. The first kappa shape index (κ1) is 19.4. The van der Waals surface area contributed by atoms with E-state index in [1.165, 1.54) is 14.0 Å². The Morgan fingerprint density at radius 1 is 1.04 bits per heavy atom. The van der Waals surface area contributed by atoms with Gasteiger partial charge in [-0.05, 0) is 51.8 Å². The van der Waals surface area contributed by atoms with E-state index in [2.05, 4.69) is 4.98 Å². The van der Waals surface area contributed by atoms with Crippen molar-refractivity contribution in [3.05, 3.63) is 57.4 Å². The third-order valence-corrected chi connectivity index (χ3v) is 4.34. The molecule has 1 aromatic heterocycles. The second-order valence-electron chi connectivity index (χ2n) is 6.35. The summed E-state index contributed by atoms with van der Waals surface area (Å²) in [5.41, 5.74) is 3.72. The molecule has 0 aliphatic carbocycles. The molecule has 2 rings (SSSR count). The number of benzene rings is 1. The molecule has 1 atom stereocenters. The van der Waals surface area contributed by atoms with Gasteiger partial charge in [0.2, 0.25) is 5.78 Å². The third-order valence-electron chi connectivity index (χ3n) is 4.34. The first-order chi connectivity index (χ1) is 12.2. The molecule has 0 bridgehead atoms. The van der Waals surface area contributed by atoms with E-state index in [1.807, 2.05) is 26.0 Å². The van der Waals surface area contributed by atoms with E-state index < -0.39 is 23.8 Å². The molecule has 6 nitrogen and oxygen atoms in total. The maximum atomic E-state index is 12.7. The van der Waals surface area contributed by atoms with E-state index in [0.717, 1.165) is 11.1 Å². The van der Waals surface area contributed by atoms with E-state index in [9.17, 15) is 14.4 Å². The standard InChI is InChI=1S/C20H23NO5/c1-10-7-8-11(2)15(9-10)19(23)26-14(5)18(22)17-12(3)16(13(4)21-17)20(24)25-6/h7-9,14,21H,1-6H3. The van der Waals surface area contributed by atoms with E-state index in [-0.39, 0.29) is 5.69 Å². The van der Waals surface area contributed by atoms with Crippen LogP contribution >= 0.6 is 0 Å². The van der Waals surface area contributed by atoms with Gasteiger partial charge in [-0.2, -0.15) is 0 Å². The van der Waals surface area contributed by atoms with Crippen LogP contribution in [0.2, 0.25) is 0 Å². The van der Waals surface area contributed by atoms with Crippen LogP contribution in [0.5, 0.6) is 0 Å². The van der Waals surface area contributed by atoms with Crippen molar-refractivity contribution >= 4 is 17.7 Å².